The first-order chi connectivity index (χ1) is 8.71. The summed E-state index contributed by atoms with van der Waals surface area (Å²) in [6.07, 6.45) is 5.38. The van der Waals surface area contributed by atoms with E-state index in [0.717, 1.165) is 25.2 Å². The Labute approximate surface area is 106 Å². The second-order valence-electron chi connectivity index (χ2n) is 5.86. The van der Waals surface area contributed by atoms with Gasteiger partial charge < -0.3 is 0 Å². The minimum atomic E-state index is -0.155. The van der Waals surface area contributed by atoms with E-state index in [2.05, 4.69) is 0 Å². The van der Waals surface area contributed by atoms with E-state index in [-0.39, 0.29) is 17.4 Å². The maximum absolute atomic E-state index is 12.5. The van der Waals surface area contributed by atoms with Crippen LogP contribution in [-0.4, -0.2) is 22.3 Å². The summed E-state index contributed by atoms with van der Waals surface area (Å²) >= 11 is 0. The third-order valence-electron chi connectivity index (χ3n) is 4.97. The van der Waals surface area contributed by atoms with Crippen molar-refractivity contribution in [3.05, 3.63) is 35.4 Å². The molecule has 0 saturated heterocycles. The number of carbonyl (C=O) groups is 2. The summed E-state index contributed by atoms with van der Waals surface area (Å²) in [5, 5.41) is 0. The molecule has 2 fully saturated rings. The molecule has 18 heavy (non-hydrogen) atoms. The Kier molecular flexibility index (Phi) is 1.84. The zero-order chi connectivity index (χ0) is 12.3. The van der Waals surface area contributed by atoms with Crippen molar-refractivity contribution in [3.8, 4) is 0 Å². The van der Waals surface area contributed by atoms with E-state index >= 15 is 0 Å². The molecule has 3 nitrogen and oxygen atoms in total. The Hall–Kier alpha value is -1.64. The highest BCUT2D eigenvalue weighted by molar-refractivity contribution is 6.21. The predicted octanol–water partition coefficient (Wildman–Crippen LogP) is 2.62. The molecule has 0 unspecified atom stereocenters. The van der Waals surface area contributed by atoms with Gasteiger partial charge in [-0.1, -0.05) is 12.1 Å². The topological polar surface area (TPSA) is 37.4 Å². The molecular formula is C15H15NO2. The minimum absolute atomic E-state index is 0.0712. The lowest BCUT2D eigenvalue weighted by atomic mass is 9.92. The van der Waals surface area contributed by atoms with Gasteiger partial charge in [0.2, 0.25) is 0 Å². The summed E-state index contributed by atoms with van der Waals surface area (Å²) < 4.78 is 0. The van der Waals surface area contributed by atoms with Crippen LogP contribution in [0.2, 0.25) is 0 Å². The van der Waals surface area contributed by atoms with Gasteiger partial charge in [-0.25, -0.2) is 0 Å². The molecular weight excluding hydrogens is 226 g/mol. The Morgan fingerprint density at radius 1 is 1.00 bits per heavy atom. The molecule has 1 aliphatic heterocycles. The fourth-order valence-corrected chi connectivity index (χ4v) is 4.10. The number of benzene rings is 1. The molecule has 92 valence electrons. The molecule has 2 saturated carbocycles. The minimum Gasteiger partial charge on any atom is -0.269 e. The van der Waals surface area contributed by atoms with Gasteiger partial charge in [-0.15, -0.1) is 0 Å². The Morgan fingerprint density at radius 2 is 1.56 bits per heavy atom. The molecule has 2 amide bonds. The Bertz CT molecular complexity index is 520. The van der Waals surface area contributed by atoms with Crippen molar-refractivity contribution in [2.24, 2.45) is 5.92 Å². The van der Waals surface area contributed by atoms with Crippen LogP contribution in [-0.2, 0) is 0 Å². The number of amides is 2. The number of carbonyl (C=O) groups excluding carboxylic acids is 2. The highest BCUT2D eigenvalue weighted by atomic mass is 16.2. The van der Waals surface area contributed by atoms with Crippen LogP contribution in [0.1, 0.15) is 52.8 Å². The Balaban J connectivity index is 1.81. The van der Waals surface area contributed by atoms with Gasteiger partial charge in [-0.2, -0.15) is 0 Å². The maximum Gasteiger partial charge on any atom is 0.262 e. The van der Waals surface area contributed by atoms with Crippen molar-refractivity contribution < 1.29 is 9.59 Å². The van der Waals surface area contributed by atoms with Gasteiger partial charge in [0.15, 0.2) is 0 Å². The molecule has 2 aliphatic carbocycles. The molecule has 0 aromatic heterocycles. The number of hydrogen-bond donors (Lipinski definition) is 0. The van der Waals surface area contributed by atoms with E-state index in [1.807, 2.05) is 12.1 Å². The van der Waals surface area contributed by atoms with Crippen molar-refractivity contribution in [1.82, 2.24) is 4.90 Å². The summed E-state index contributed by atoms with van der Waals surface area (Å²) in [5.41, 5.74) is 1.03. The van der Waals surface area contributed by atoms with Gasteiger partial charge in [-0.05, 0) is 50.2 Å². The Morgan fingerprint density at radius 3 is 2.00 bits per heavy atom. The van der Waals surface area contributed by atoms with Gasteiger partial charge >= 0.3 is 0 Å². The van der Waals surface area contributed by atoms with Crippen molar-refractivity contribution in [3.63, 3.8) is 0 Å². The van der Waals surface area contributed by atoms with Crippen molar-refractivity contribution in [2.45, 2.75) is 37.6 Å². The number of hydrogen-bond acceptors (Lipinski definition) is 2. The monoisotopic (exact) mass is 241 g/mol. The first-order valence-corrected chi connectivity index (χ1v) is 6.69. The average Bonchev–Trinajstić information content (AvgIpc) is 3.05. The van der Waals surface area contributed by atoms with Gasteiger partial charge in [0.25, 0.3) is 11.8 Å². The number of fused-ring (bicyclic) bond motifs is 3. The second-order valence-corrected chi connectivity index (χ2v) is 5.86. The largest absolute Gasteiger partial charge is 0.269 e. The average molecular weight is 241 g/mol. The van der Waals surface area contributed by atoms with E-state index in [4.69, 9.17) is 0 Å². The van der Waals surface area contributed by atoms with Crippen LogP contribution in [0.4, 0.5) is 0 Å². The lowest BCUT2D eigenvalue weighted by Gasteiger charge is -2.35. The lowest BCUT2D eigenvalue weighted by Crippen LogP contribution is -2.48. The van der Waals surface area contributed by atoms with Crippen LogP contribution in [0.15, 0.2) is 24.3 Å². The maximum atomic E-state index is 12.5. The van der Waals surface area contributed by atoms with Crippen LogP contribution < -0.4 is 0 Å². The lowest BCUT2D eigenvalue weighted by molar-refractivity contribution is 0.0435. The number of nitrogens with zero attached hydrogens (tertiary/aromatic N) is 1. The molecule has 2 bridgehead atoms. The van der Waals surface area contributed by atoms with Crippen LogP contribution in [0.25, 0.3) is 0 Å². The summed E-state index contributed by atoms with van der Waals surface area (Å²) in [5.74, 6) is 0.589. The van der Waals surface area contributed by atoms with Gasteiger partial charge in [-0.3, -0.25) is 14.5 Å². The fraction of sp³-hybridized carbons (Fsp3) is 0.467. The van der Waals surface area contributed by atoms with E-state index in [0.29, 0.717) is 11.1 Å². The first kappa shape index (κ1) is 10.3. The zero-order valence-corrected chi connectivity index (χ0v) is 10.2. The van der Waals surface area contributed by atoms with Gasteiger partial charge in [0.1, 0.15) is 0 Å². The van der Waals surface area contributed by atoms with Crippen LogP contribution in [0.5, 0.6) is 0 Å². The highest BCUT2D eigenvalue weighted by Crippen LogP contribution is 2.52. The number of imide groups is 1. The fourth-order valence-electron chi connectivity index (χ4n) is 4.10. The van der Waals surface area contributed by atoms with Crippen molar-refractivity contribution >= 4 is 11.8 Å². The molecule has 1 aromatic rings. The van der Waals surface area contributed by atoms with Crippen LogP contribution in [0.3, 0.4) is 0 Å². The summed E-state index contributed by atoms with van der Waals surface area (Å²) in [4.78, 5) is 26.6. The van der Waals surface area contributed by atoms with Crippen LogP contribution in [0, 0.1) is 5.92 Å². The van der Waals surface area contributed by atoms with Crippen LogP contribution >= 0.6 is 0 Å². The zero-order valence-electron chi connectivity index (χ0n) is 10.2. The summed E-state index contributed by atoms with van der Waals surface area (Å²) in [6.45, 7) is 0. The molecule has 1 heterocycles. The van der Waals surface area contributed by atoms with Crippen molar-refractivity contribution in [1.29, 1.82) is 0 Å². The third-order valence-corrected chi connectivity index (χ3v) is 4.97. The molecule has 0 radical (unpaired) electrons. The standard InChI is InChI=1S/C15H15NO2/c17-13-11-3-1-2-4-12(11)14(18)16(13)15-7-5-10(9-15)6-8-15/h1-4,10H,5-9H2. The summed E-state index contributed by atoms with van der Waals surface area (Å²) in [6, 6.07) is 7.20. The number of rotatable bonds is 1. The van der Waals surface area contributed by atoms with Gasteiger partial charge in [0, 0.05) is 0 Å². The van der Waals surface area contributed by atoms with E-state index in [9.17, 15) is 9.59 Å². The molecule has 3 heteroatoms. The highest BCUT2D eigenvalue weighted by Gasteiger charge is 2.55. The SMILES string of the molecule is O=C1c2ccccc2C(=O)N1C12CCC(CC1)C2. The third kappa shape index (κ3) is 1.10. The van der Waals surface area contributed by atoms with E-state index in [1.54, 1.807) is 17.0 Å². The van der Waals surface area contributed by atoms with E-state index < -0.39 is 0 Å². The molecule has 1 aromatic carbocycles. The predicted molar refractivity (Wildman–Crippen MR) is 66.2 cm³/mol. The molecule has 3 aliphatic rings. The normalized spacial score (nSPS) is 33.3. The molecule has 0 N–H and O–H groups in total. The smallest absolute Gasteiger partial charge is 0.262 e. The molecule has 4 rings (SSSR count). The first-order valence-electron chi connectivity index (χ1n) is 6.69. The van der Waals surface area contributed by atoms with Gasteiger partial charge in [0.05, 0.1) is 16.7 Å². The molecule has 0 atom stereocenters. The van der Waals surface area contributed by atoms with Crippen molar-refractivity contribution in [2.75, 3.05) is 0 Å². The summed E-state index contributed by atoms with van der Waals surface area (Å²) in [7, 11) is 0. The quantitative estimate of drug-likeness (QED) is 0.709. The second kappa shape index (κ2) is 3.22. The van der Waals surface area contributed by atoms with E-state index in [1.165, 1.54) is 12.8 Å². The molecule has 0 spiro atoms.